The number of nitrogens with one attached hydrogen (secondary N) is 1. The molecule has 2 amide bonds. The second kappa shape index (κ2) is 8.70. The Morgan fingerprint density at radius 2 is 1.96 bits per heavy atom. The van der Waals surface area contributed by atoms with Gasteiger partial charge in [-0.25, -0.2) is 0 Å². The molecule has 1 aromatic heterocycles. The van der Waals surface area contributed by atoms with Crippen LogP contribution in [0.25, 0.3) is 0 Å². The van der Waals surface area contributed by atoms with E-state index in [0.717, 1.165) is 11.3 Å². The number of carbonyl (C=O) groups excluding carboxylic acids is 2. The molecule has 2 aromatic rings. The fourth-order valence-electron chi connectivity index (χ4n) is 3.72. The number of likely N-dealkylation sites (tertiary alicyclic amines) is 1. The Morgan fingerprint density at radius 3 is 2.63 bits per heavy atom. The summed E-state index contributed by atoms with van der Waals surface area (Å²) in [5, 5.41) is 5.01. The van der Waals surface area contributed by atoms with Crippen molar-refractivity contribution in [3.8, 4) is 0 Å². The topological polar surface area (TPSA) is 49.4 Å². The molecule has 0 saturated carbocycles. The lowest BCUT2D eigenvalue weighted by Gasteiger charge is -2.20. The van der Waals surface area contributed by atoms with Gasteiger partial charge in [-0.3, -0.25) is 9.59 Å². The zero-order chi connectivity index (χ0) is 19.4. The third kappa shape index (κ3) is 4.59. The number of benzene rings is 1. The first-order valence-electron chi connectivity index (χ1n) is 9.63. The van der Waals surface area contributed by atoms with E-state index in [0.29, 0.717) is 25.6 Å². The normalized spacial score (nSPS) is 19.5. The van der Waals surface area contributed by atoms with Gasteiger partial charge in [0.25, 0.3) is 5.91 Å². The number of aryl methyl sites for hydroxylation is 1. The number of carbonyl (C=O) groups is 2. The second-order valence-electron chi connectivity index (χ2n) is 7.73. The van der Waals surface area contributed by atoms with Crippen molar-refractivity contribution >= 4 is 23.2 Å². The lowest BCUT2D eigenvalue weighted by molar-refractivity contribution is -0.124. The number of hydrogen-bond donors (Lipinski definition) is 1. The summed E-state index contributed by atoms with van der Waals surface area (Å²) in [7, 11) is 0. The van der Waals surface area contributed by atoms with E-state index in [-0.39, 0.29) is 23.7 Å². The predicted octanol–water partition coefficient (Wildman–Crippen LogP) is 4.07. The molecule has 144 valence electrons. The molecule has 2 unspecified atom stereocenters. The number of hydrogen-bond acceptors (Lipinski definition) is 3. The summed E-state index contributed by atoms with van der Waals surface area (Å²) < 4.78 is 0. The molecule has 2 heterocycles. The molecule has 0 aliphatic carbocycles. The van der Waals surface area contributed by atoms with Crippen molar-refractivity contribution in [3.63, 3.8) is 0 Å². The zero-order valence-corrected chi connectivity index (χ0v) is 17.1. The van der Waals surface area contributed by atoms with E-state index in [1.165, 1.54) is 22.5 Å². The first kappa shape index (κ1) is 19.6. The first-order chi connectivity index (χ1) is 13.0. The van der Waals surface area contributed by atoms with Gasteiger partial charge in [0, 0.05) is 25.6 Å². The highest BCUT2D eigenvalue weighted by Gasteiger charge is 2.41. The highest BCUT2D eigenvalue weighted by Crippen LogP contribution is 2.35. The third-order valence-corrected chi connectivity index (χ3v) is 6.14. The van der Waals surface area contributed by atoms with Gasteiger partial charge in [0.2, 0.25) is 5.91 Å². The van der Waals surface area contributed by atoms with Crippen molar-refractivity contribution in [2.45, 2.75) is 33.1 Å². The molecule has 2 atom stereocenters. The Kier molecular flexibility index (Phi) is 6.32. The minimum absolute atomic E-state index is 0.0288. The van der Waals surface area contributed by atoms with E-state index in [4.69, 9.17) is 0 Å². The molecule has 4 nitrogen and oxygen atoms in total. The van der Waals surface area contributed by atoms with Gasteiger partial charge in [0.05, 0.1) is 10.8 Å². The highest BCUT2D eigenvalue weighted by molar-refractivity contribution is 7.12. The monoisotopic (exact) mass is 384 g/mol. The van der Waals surface area contributed by atoms with E-state index in [9.17, 15) is 9.59 Å². The summed E-state index contributed by atoms with van der Waals surface area (Å²) in [6.45, 7) is 8.13. The van der Waals surface area contributed by atoms with Gasteiger partial charge < -0.3 is 10.2 Å². The van der Waals surface area contributed by atoms with Gasteiger partial charge in [-0.1, -0.05) is 44.2 Å². The van der Waals surface area contributed by atoms with Gasteiger partial charge in [-0.15, -0.1) is 11.3 Å². The summed E-state index contributed by atoms with van der Waals surface area (Å²) in [5.41, 5.74) is 2.34. The average Bonchev–Trinajstić information content (AvgIpc) is 3.31. The predicted molar refractivity (Wildman–Crippen MR) is 110 cm³/mol. The van der Waals surface area contributed by atoms with Crippen LogP contribution in [0, 0.1) is 18.8 Å². The highest BCUT2D eigenvalue weighted by atomic mass is 32.1. The fourth-order valence-corrected chi connectivity index (χ4v) is 4.42. The SMILES string of the molecule is Cc1ccccc1C1CN(C(=O)c2cccs2)CC1C(=O)NCCC(C)C. The zero-order valence-electron chi connectivity index (χ0n) is 16.3. The van der Waals surface area contributed by atoms with Gasteiger partial charge in [-0.05, 0) is 41.8 Å². The van der Waals surface area contributed by atoms with E-state index in [2.05, 4.69) is 38.2 Å². The van der Waals surface area contributed by atoms with Crippen LogP contribution < -0.4 is 5.32 Å². The van der Waals surface area contributed by atoms with Crippen LogP contribution in [0.3, 0.4) is 0 Å². The molecule has 1 aliphatic rings. The molecule has 1 aliphatic heterocycles. The van der Waals surface area contributed by atoms with E-state index in [1.54, 1.807) is 0 Å². The smallest absolute Gasteiger partial charge is 0.263 e. The largest absolute Gasteiger partial charge is 0.356 e. The molecular formula is C22H28N2O2S. The quantitative estimate of drug-likeness (QED) is 0.816. The Hall–Kier alpha value is -2.14. The molecule has 1 aromatic carbocycles. The Morgan fingerprint density at radius 1 is 1.19 bits per heavy atom. The molecule has 3 rings (SSSR count). The molecule has 5 heteroatoms. The summed E-state index contributed by atoms with van der Waals surface area (Å²) >= 11 is 1.45. The van der Waals surface area contributed by atoms with E-state index >= 15 is 0 Å². The van der Waals surface area contributed by atoms with E-state index in [1.807, 2.05) is 34.5 Å². The van der Waals surface area contributed by atoms with Crippen LogP contribution in [0.2, 0.25) is 0 Å². The molecule has 1 fully saturated rings. The summed E-state index contributed by atoms with van der Waals surface area (Å²) in [5.74, 6) is 0.473. The van der Waals surface area contributed by atoms with Crippen molar-refractivity contribution in [3.05, 3.63) is 57.8 Å². The summed E-state index contributed by atoms with van der Waals surface area (Å²) in [6.07, 6.45) is 0.964. The lowest BCUT2D eigenvalue weighted by Crippen LogP contribution is -2.36. The van der Waals surface area contributed by atoms with Crippen molar-refractivity contribution in [2.75, 3.05) is 19.6 Å². The van der Waals surface area contributed by atoms with Gasteiger partial charge in [0.1, 0.15) is 0 Å². The van der Waals surface area contributed by atoms with Crippen LogP contribution in [0.1, 0.15) is 47.0 Å². The lowest BCUT2D eigenvalue weighted by atomic mass is 9.86. The maximum atomic E-state index is 12.9. The number of thiophene rings is 1. The molecule has 0 radical (unpaired) electrons. The van der Waals surface area contributed by atoms with Crippen LogP contribution >= 0.6 is 11.3 Å². The van der Waals surface area contributed by atoms with Crippen LogP contribution in [-0.4, -0.2) is 36.3 Å². The third-order valence-electron chi connectivity index (χ3n) is 5.28. The Balaban J connectivity index is 1.80. The minimum atomic E-state index is -0.206. The summed E-state index contributed by atoms with van der Waals surface area (Å²) in [4.78, 5) is 28.4. The van der Waals surface area contributed by atoms with Crippen molar-refractivity contribution < 1.29 is 9.59 Å². The van der Waals surface area contributed by atoms with Crippen LogP contribution in [-0.2, 0) is 4.79 Å². The van der Waals surface area contributed by atoms with Gasteiger partial charge in [0.15, 0.2) is 0 Å². The fraction of sp³-hybridized carbons (Fsp3) is 0.455. The van der Waals surface area contributed by atoms with Gasteiger partial charge >= 0.3 is 0 Å². The molecule has 27 heavy (non-hydrogen) atoms. The molecule has 1 N–H and O–H groups in total. The van der Waals surface area contributed by atoms with Crippen molar-refractivity contribution in [2.24, 2.45) is 11.8 Å². The first-order valence-corrected chi connectivity index (χ1v) is 10.5. The standard InChI is InChI=1S/C22H28N2O2S/c1-15(2)10-11-23-21(25)19-14-24(22(26)20-9-6-12-27-20)13-18(19)17-8-5-4-7-16(17)3/h4-9,12,15,18-19H,10-11,13-14H2,1-3H3,(H,23,25). The minimum Gasteiger partial charge on any atom is -0.356 e. The van der Waals surface area contributed by atoms with Crippen LogP contribution in [0.4, 0.5) is 0 Å². The van der Waals surface area contributed by atoms with E-state index < -0.39 is 0 Å². The van der Waals surface area contributed by atoms with Gasteiger partial charge in [-0.2, -0.15) is 0 Å². The number of amides is 2. The molecule has 0 spiro atoms. The average molecular weight is 385 g/mol. The van der Waals surface area contributed by atoms with Crippen molar-refractivity contribution in [1.82, 2.24) is 10.2 Å². The van der Waals surface area contributed by atoms with Crippen molar-refractivity contribution in [1.29, 1.82) is 0 Å². The number of rotatable bonds is 6. The molecule has 0 bridgehead atoms. The maximum Gasteiger partial charge on any atom is 0.263 e. The number of nitrogens with zero attached hydrogens (tertiary/aromatic N) is 1. The summed E-state index contributed by atoms with van der Waals surface area (Å²) in [6, 6.07) is 11.9. The Bertz CT molecular complexity index is 785. The molecular weight excluding hydrogens is 356 g/mol. The Labute approximate surface area is 165 Å². The van der Waals surface area contributed by atoms with Crippen LogP contribution in [0.15, 0.2) is 41.8 Å². The second-order valence-corrected chi connectivity index (χ2v) is 8.68. The van der Waals surface area contributed by atoms with Crippen LogP contribution in [0.5, 0.6) is 0 Å². The molecule has 1 saturated heterocycles. The maximum absolute atomic E-state index is 12.9.